The van der Waals surface area contributed by atoms with Crippen LogP contribution in [0.5, 0.6) is 0 Å². The number of benzene rings is 2. The highest BCUT2D eigenvalue weighted by molar-refractivity contribution is 5.87. The van der Waals surface area contributed by atoms with Crippen LogP contribution in [0.1, 0.15) is 25.8 Å². The molecule has 0 amide bonds. The van der Waals surface area contributed by atoms with E-state index in [0.29, 0.717) is 6.42 Å². The van der Waals surface area contributed by atoms with Crippen molar-refractivity contribution in [1.29, 1.82) is 0 Å². The largest absolute Gasteiger partial charge is 0.321 e. The molecule has 0 bridgehead atoms. The summed E-state index contributed by atoms with van der Waals surface area (Å²) < 4.78 is 0. The average molecular weight is 255 g/mol. The van der Waals surface area contributed by atoms with Crippen molar-refractivity contribution in [1.82, 2.24) is 0 Å². The van der Waals surface area contributed by atoms with Crippen molar-refractivity contribution >= 4 is 16.6 Å². The molecule has 0 aliphatic rings. The molecule has 0 saturated heterocycles. The molecule has 100 valence electrons. The molecular formula is C17H21NO. The first-order chi connectivity index (χ1) is 9.09. The molecule has 0 heterocycles. The van der Waals surface area contributed by atoms with Gasteiger partial charge in [-0.25, -0.2) is 0 Å². The molecule has 0 aliphatic heterocycles. The Morgan fingerprint density at radius 2 is 1.79 bits per heavy atom. The number of rotatable bonds is 5. The zero-order valence-electron chi connectivity index (χ0n) is 11.6. The summed E-state index contributed by atoms with van der Waals surface area (Å²) in [5, 5.41) is 2.46. The Hall–Kier alpha value is -1.67. The summed E-state index contributed by atoms with van der Waals surface area (Å²) in [6.45, 7) is 3.97. The average Bonchev–Trinajstić information content (AvgIpc) is 2.43. The van der Waals surface area contributed by atoms with Crippen molar-refractivity contribution in [2.45, 2.75) is 32.7 Å². The van der Waals surface area contributed by atoms with E-state index in [9.17, 15) is 4.79 Å². The Labute approximate surface area is 114 Å². The lowest BCUT2D eigenvalue weighted by atomic mass is 9.94. The van der Waals surface area contributed by atoms with Crippen LogP contribution in [-0.2, 0) is 11.2 Å². The van der Waals surface area contributed by atoms with Crippen molar-refractivity contribution in [3.05, 3.63) is 48.0 Å². The fourth-order valence-corrected chi connectivity index (χ4v) is 2.31. The van der Waals surface area contributed by atoms with E-state index in [1.807, 2.05) is 32.0 Å². The minimum absolute atomic E-state index is 0.155. The van der Waals surface area contributed by atoms with Crippen LogP contribution in [0, 0.1) is 5.92 Å². The molecule has 19 heavy (non-hydrogen) atoms. The molecular weight excluding hydrogens is 234 g/mol. The Morgan fingerprint density at radius 3 is 2.53 bits per heavy atom. The minimum atomic E-state index is -0.338. The number of carbonyl (C=O) groups excluding carboxylic acids is 1. The third kappa shape index (κ3) is 3.21. The lowest BCUT2D eigenvalue weighted by Crippen LogP contribution is -2.35. The third-order valence-corrected chi connectivity index (χ3v) is 3.61. The number of carbonyl (C=O) groups is 1. The first-order valence-electron chi connectivity index (χ1n) is 6.84. The van der Waals surface area contributed by atoms with Crippen molar-refractivity contribution < 1.29 is 4.79 Å². The van der Waals surface area contributed by atoms with E-state index < -0.39 is 0 Å². The van der Waals surface area contributed by atoms with Crippen LogP contribution in [0.25, 0.3) is 10.8 Å². The lowest BCUT2D eigenvalue weighted by Gasteiger charge is -2.14. The Kier molecular flexibility index (Phi) is 4.33. The Balaban J connectivity index is 2.12. The van der Waals surface area contributed by atoms with Crippen LogP contribution < -0.4 is 5.73 Å². The summed E-state index contributed by atoms with van der Waals surface area (Å²) in [4.78, 5) is 12.0. The number of hydrogen-bond donors (Lipinski definition) is 1. The van der Waals surface area contributed by atoms with Crippen molar-refractivity contribution in [3.63, 3.8) is 0 Å². The highest BCUT2D eigenvalue weighted by Gasteiger charge is 2.16. The second kappa shape index (κ2) is 5.98. The maximum atomic E-state index is 12.0. The molecule has 2 aromatic rings. The van der Waals surface area contributed by atoms with Gasteiger partial charge in [-0.05, 0) is 28.7 Å². The molecule has 2 nitrogen and oxygen atoms in total. The van der Waals surface area contributed by atoms with Crippen LogP contribution in [0.3, 0.4) is 0 Å². The molecule has 1 atom stereocenters. The van der Waals surface area contributed by atoms with Gasteiger partial charge in [-0.15, -0.1) is 0 Å². The quantitative estimate of drug-likeness (QED) is 0.890. The SMILES string of the molecule is CC(C)[C@H](N)C(=O)CCc1cccc2ccccc12. The molecule has 0 fully saturated rings. The van der Waals surface area contributed by atoms with Crippen molar-refractivity contribution in [3.8, 4) is 0 Å². The number of Topliss-reactive ketones (excluding diaryl/α,β-unsaturated/α-hetero) is 1. The van der Waals surface area contributed by atoms with Gasteiger partial charge in [-0.2, -0.15) is 0 Å². The Morgan fingerprint density at radius 1 is 1.11 bits per heavy atom. The van der Waals surface area contributed by atoms with Gasteiger partial charge in [0.15, 0.2) is 0 Å². The van der Waals surface area contributed by atoms with Crippen LogP contribution in [-0.4, -0.2) is 11.8 Å². The topological polar surface area (TPSA) is 43.1 Å². The summed E-state index contributed by atoms with van der Waals surface area (Å²) >= 11 is 0. The fourth-order valence-electron chi connectivity index (χ4n) is 2.31. The molecule has 0 radical (unpaired) electrons. The van der Waals surface area contributed by atoms with E-state index in [-0.39, 0.29) is 17.7 Å². The van der Waals surface area contributed by atoms with Crippen LogP contribution in [0.4, 0.5) is 0 Å². The minimum Gasteiger partial charge on any atom is -0.321 e. The van der Waals surface area contributed by atoms with E-state index >= 15 is 0 Å². The fraction of sp³-hybridized carbons (Fsp3) is 0.353. The summed E-state index contributed by atoms with van der Waals surface area (Å²) in [5.41, 5.74) is 7.11. The summed E-state index contributed by atoms with van der Waals surface area (Å²) in [7, 11) is 0. The molecule has 2 rings (SSSR count). The summed E-state index contributed by atoms with van der Waals surface area (Å²) in [6.07, 6.45) is 1.29. The van der Waals surface area contributed by atoms with E-state index in [1.54, 1.807) is 0 Å². The van der Waals surface area contributed by atoms with Crippen LogP contribution in [0.2, 0.25) is 0 Å². The van der Waals surface area contributed by atoms with Gasteiger partial charge < -0.3 is 5.73 Å². The van der Waals surface area contributed by atoms with Gasteiger partial charge in [-0.1, -0.05) is 56.3 Å². The molecule has 2 N–H and O–H groups in total. The van der Waals surface area contributed by atoms with Crippen molar-refractivity contribution in [2.75, 3.05) is 0 Å². The molecule has 2 aromatic carbocycles. The second-order valence-corrected chi connectivity index (χ2v) is 5.37. The Bertz CT molecular complexity index is 569. The standard InChI is InChI=1S/C17H21NO/c1-12(2)17(18)16(19)11-10-14-8-5-7-13-6-3-4-9-15(13)14/h3-9,12,17H,10-11,18H2,1-2H3/t17-/m0/s1. The zero-order chi connectivity index (χ0) is 13.8. The van der Waals surface area contributed by atoms with Gasteiger partial charge in [0.2, 0.25) is 0 Å². The number of ketones is 1. The van der Waals surface area contributed by atoms with Crippen LogP contribution in [0.15, 0.2) is 42.5 Å². The van der Waals surface area contributed by atoms with Gasteiger partial charge in [0.1, 0.15) is 5.78 Å². The van der Waals surface area contributed by atoms with Gasteiger partial charge in [0.05, 0.1) is 6.04 Å². The predicted molar refractivity (Wildman–Crippen MR) is 80.1 cm³/mol. The van der Waals surface area contributed by atoms with Gasteiger partial charge in [-0.3, -0.25) is 4.79 Å². The second-order valence-electron chi connectivity index (χ2n) is 5.37. The molecule has 0 aromatic heterocycles. The van der Waals surface area contributed by atoms with Gasteiger partial charge in [0, 0.05) is 6.42 Å². The monoisotopic (exact) mass is 255 g/mol. The molecule has 0 aliphatic carbocycles. The molecule has 0 saturated carbocycles. The highest BCUT2D eigenvalue weighted by atomic mass is 16.1. The maximum Gasteiger partial charge on any atom is 0.150 e. The number of fused-ring (bicyclic) bond motifs is 1. The van der Waals surface area contributed by atoms with E-state index in [4.69, 9.17) is 5.73 Å². The molecule has 0 unspecified atom stereocenters. The smallest absolute Gasteiger partial charge is 0.150 e. The zero-order valence-corrected chi connectivity index (χ0v) is 11.6. The summed E-state index contributed by atoms with van der Waals surface area (Å²) in [6, 6.07) is 14.2. The number of nitrogens with two attached hydrogens (primary N) is 1. The van der Waals surface area contributed by atoms with Gasteiger partial charge >= 0.3 is 0 Å². The van der Waals surface area contributed by atoms with Gasteiger partial charge in [0.25, 0.3) is 0 Å². The summed E-state index contributed by atoms with van der Waals surface area (Å²) in [5.74, 6) is 0.364. The molecule has 2 heteroatoms. The normalized spacial score (nSPS) is 12.8. The maximum absolute atomic E-state index is 12.0. The van der Waals surface area contributed by atoms with E-state index in [0.717, 1.165) is 6.42 Å². The number of aryl methyl sites for hydroxylation is 1. The highest BCUT2D eigenvalue weighted by Crippen LogP contribution is 2.20. The first kappa shape index (κ1) is 13.8. The predicted octanol–water partition coefficient (Wildman–Crippen LogP) is 3.32. The van der Waals surface area contributed by atoms with E-state index in [2.05, 4.69) is 24.3 Å². The molecule has 0 spiro atoms. The lowest BCUT2D eigenvalue weighted by molar-refractivity contribution is -0.121. The van der Waals surface area contributed by atoms with Crippen molar-refractivity contribution in [2.24, 2.45) is 11.7 Å². The van der Waals surface area contributed by atoms with E-state index in [1.165, 1.54) is 16.3 Å². The third-order valence-electron chi connectivity index (χ3n) is 3.61. The van der Waals surface area contributed by atoms with Crippen LogP contribution >= 0.6 is 0 Å². The number of hydrogen-bond acceptors (Lipinski definition) is 2. The first-order valence-corrected chi connectivity index (χ1v) is 6.84.